The highest BCUT2D eigenvalue weighted by Gasteiger charge is 2.13. The van der Waals surface area contributed by atoms with Crippen LogP contribution in [0.1, 0.15) is 15.9 Å². The maximum Gasteiger partial charge on any atom is 0.289 e. The summed E-state index contributed by atoms with van der Waals surface area (Å²) in [6.07, 6.45) is 0. The zero-order valence-corrected chi connectivity index (χ0v) is 6.70. The topological polar surface area (TPSA) is 60.2 Å². The number of hydrogen-bond donors (Lipinski definition) is 1. The molecule has 3 heteroatoms. The smallest absolute Gasteiger partial charge is 0.289 e. The van der Waals surface area contributed by atoms with Crippen LogP contribution >= 0.6 is 0 Å². The van der Waals surface area contributed by atoms with Crippen LogP contribution < -0.4 is 5.73 Å². The van der Waals surface area contributed by atoms with Crippen LogP contribution in [0.25, 0.3) is 0 Å². The summed E-state index contributed by atoms with van der Waals surface area (Å²) in [7, 11) is 0. The van der Waals surface area contributed by atoms with Crippen LogP contribution in [0.5, 0.6) is 0 Å². The Morgan fingerprint density at radius 2 is 1.83 bits per heavy atom. The molecule has 1 aromatic carbocycles. The van der Waals surface area contributed by atoms with E-state index in [0.29, 0.717) is 5.56 Å². The van der Waals surface area contributed by atoms with Gasteiger partial charge < -0.3 is 5.73 Å². The molecule has 0 saturated heterocycles. The molecule has 3 nitrogen and oxygen atoms in total. The minimum absolute atomic E-state index is 0.380. The molecule has 1 amide bonds. The van der Waals surface area contributed by atoms with Gasteiger partial charge in [-0.25, -0.2) is 0 Å². The third kappa shape index (κ3) is 1.50. The van der Waals surface area contributed by atoms with Crippen molar-refractivity contribution in [1.29, 1.82) is 0 Å². The molecular weight excluding hydrogens is 154 g/mol. The van der Waals surface area contributed by atoms with E-state index in [0.717, 1.165) is 5.56 Å². The lowest BCUT2D eigenvalue weighted by Crippen LogP contribution is -2.23. The van der Waals surface area contributed by atoms with E-state index in [1.54, 1.807) is 31.2 Å². The number of primary amides is 1. The molecule has 0 aromatic heterocycles. The standard InChI is InChI=1S/C9H9NO2/c1-6-4-2-3-5-7(6)8(11)9(10)12/h2-5H,1H3,(H2,10,12). The maximum absolute atomic E-state index is 11.1. The van der Waals surface area contributed by atoms with E-state index in [1.165, 1.54) is 0 Å². The Balaban J connectivity index is 3.11. The fourth-order valence-corrected chi connectivity index (χ4v) is 0.960. The highest BCUT2D eigenvalue weighted by Crippen LogP contribution is 2.06. The third-order valence-corrected chi connectivity index (χ3v) is 1.61. The lowest BCUT2D eigenvalue weighted by molar-refractivity contribution is -0.114. The largest absolute Gasteiger partial charge is 0.363 e. The highest BCUT2D eigenvalue weighted by molar-refractivity contribution is 6.42. The van der Waals surface area contributed by atoms with Crippen molar-refractivity contribution in [3.05, 3.63) is 35.4 Å². The zero-order valence-electron chi connectivity index (χ0n) is 6.70. The maximum atomic E-state index is 11.1. The molecule has 0 spiro atoms. The van der Waals surface area contributed by atoms with Gasteiger partial charge in [0.2, 0.25) is 5.78 Å². The van der Waals surface area contributed by atoms with Crippen molar-refractivity contribution in [3.63, 3.8) is 0 Å². The van der Waals surface area contributed by atoms with Gasteiger partial charge >= 0.3 is 0 Å². The molecule has 0 aliphatic carbocycles. The van der Waals surface area contributed by atoms with E-state index in [1.807, 2.05) is 0 Å². The Morgan fingerprint density at radius 1 is 1.25 bits per heavy atom. The lowest BCUT2D eigenvalue weighted by atomic mass is 10.1. The van der Waals surface area contributed by atoms with Crippen molar-refractivity contribution < 1.29 is 9.59 Å². The van der Waals surface area contributed by atoms with Crippen LogP contribution in [0.3, 0.4) is 0 Å². The SMILES string of the molecule is Cc1ccccc1C(=O)C(N)=O. The van der Waals surface area contributed by atoms with Crippen molar-refractivity contribution >= 4 is 11.7 Å². The second-order valence-electron chi connectivity index (χ2n) is 2.51. The summed E-state index contributed by atoms with van der Waals surface area (Å²) >= 11 is 0. The molecule has 1 rings (SSSR count). The number of amides is 1. The van der Waals surface area contributed by atoms with Gasteiger partial charge in [-0.1, -0.05) is 24.3 Å². The molecule has 0 heterocycles. The van der Waals surface area contributed by atoms with E-state index < -0.39 is 11.7 Å². The molecule has 0 aliphatic heterocycles. The van der Waals surface area contributed by atoms with Crippen LogP contribution in [0.2, 0.25) is 0 Å². The van der Waals surface area contributed by atoms with Gasteiger partial charge in [0.1, 0.15) is 0 Å². The molecule has 62 valence electrons. The Labute approximate surface area is 70.2 Å². The summed E-state index contributed by atoms with van der Waals surface area (Å²) in [5, 5.41) is 0. The first-order valence-corrected chi connectivity index (χ1v) is 3.52. The van der Waals surface area contributed by atoms with E-state index in [9.17, 15) is 9.59 Å². The van der Waals surface area contributed by atoms with Gasteiger partial charge in [0.15, 0.2) is 0 Å². The lowest BCUT2D eigenvalue weighted by Gasteiger charge is -1.99. The van der Waals surface area contributed by atoms with Crippen molar-refractivity contribution in [2.24, 2.45) is 5.73 Å². The highest BCUT2D eigenvalue weighted by atomic mass is 16.2. The molecule has 2 N–H and O–H groups in total. The quantitative estimate of drug-likeness (QED) is 0.514. The van der Waals surface area contributed by atoms with Crippen molar-refractivity contribution in [1.82, 2.24) is 0 Å². The normalized spacial score (nSPS) is 9.42. The minimum atomic E-state index is -0.913. The Hall–Kier alpha value is -1.64. The van der Waals surface area contributed by atoms with Gasteiger partial charge in [-0.15, -0.1) is 0 Å². The minimum Gasteiger partial charge on any atom is -0.363 e. The first-order valence-electron chi connectivity index (χ1n) is 3.52. The van der Waals surface area contributed by atoms with Gasteiger partial charge in [-0.05, 0) is 12.5 Å². The first kappa shape index (κ1) is 8.46. The summed E-state index contributed by atoms with van der Waals surface area (Å²) in [5.74, 6) is -1.54. The number of aryl methyl sites for hydroxylation is 1. The number of rotatable bonds is 2. The number of ketones is 1. The molecule has 0 radical (unpaired) electrons. The Bertz CT molecular complexity index is 331. The van der Waals surface area contributed by atoms with Crippen LogP contribution in [0.15, 0.2) is 24.3 Å². The van der Waals surface area contributed by atoms with E-state index in [4.69, 9.17) is 5.73 Å². The summed E-state index contributed by atoms with van der Waals surface area (Å²) in [4.78, 5) is 21.6. The molecular formula is C9H9NO2. The second-order valence-corrected chi connectivity index (χ2v) is 2.51. The second kappa shape index (κ2) is 3.17. The zero-order chi connectivity index (χ0) is 9.14. The number of carbonyl (C=O) groups excluding carboxylic acids is 2. The summed E-state index contributed by atoms with van der Waals surface area (Å²) in [6, 6.07) is 6.84. The molecule has 0 fully saturated rings. The predicted octanol–water partition coefficient (Wildman–Crippen LogP) is 0.663. The Morgan fingerprint density at radius 3 is 2.33 bits per heavy atom. The summed E-state index contributed by atoms with van der Waals surface area (Å²) in [6.45, 7) is 1.76. The predicted molar refractivity (Wildman–Crippen MR) is 44.7 cm³/mol. The molecule has 0 aliphatic rings. The third-order valence-electron chi connectivity index (χ3n) is 1.61. The molecule has 0 saturated carbocycles. The molecule has 1 aromatic rings. The van der Waals surface area contributed by atoms with Crippen LogP contribution in [-0.4, -0.2) is 11.7 Å². The van der Waals surface area contributed by atoms with Crippen molar-refractivity contribution in [3.8, 4) is 0 Å². The van der Waals surface area contributed by atoms with Gasteiger partial charge in [-0.2, -0.15) is 0 Å². The van der Waals surface area contributed by atoms with Crippen molar-refractivity contribution in [2.75, 3.05) is 0 Å². The molecule has 0 bridgehead atoms. The fourth-order valence-electron chi connectivity index (χ4n) is 0.960. The number of carbonyl (C=O) groups is 2. The first-order chi connectivity index (χ1) is 5.63. The van der Waals surface area contributed by atoms with Crippen molar-refractivity contribution in [2.45, 2.75) is 6.92 Å². The average molecular weight is 163 g/mol. The van der Waals surface area contributed by atoms with Crippen LogP contribution in [0, 0.1) is 6.92 Å². The number of benzene rings is 1. The van der Waals surface area contributed by atoms with Gasteiger partial charge in [0.05, 0.1) is 0 Å². The number of nitrogens with two attached hydrogens (primary N) is 1. The molecule has 12 heavy (non-hydrogen) atoms. The monoisotopic (exact) mass is 163 g/mol. The Kier molecular flexibility index (Phi) is 2.24. The van der Waals surface area contributed by atoms with Crippen LogP contribution in [0.4, 0.5) is 0 Å². The summed E-state index contributed by atoms with van der Waals surface area (Å²) < 4.78 is 0. The van der Waals surface area contributed by atoms with Crippen LogP contribution in [-0.2, 0) is 4.79 Å². The molecule has 0 unspecified atom stereocenters. The molecule has 0 atom stereocenters. The van der Waals surface area contributed by atoms with E-state index in [-0.39, 0.29) is 0 Å². The fraction of sp³-hybridized carbons (Fsp3) is 0.111. The van der Waals surface area contributed by atoms with Gasteiger partial charge in [0, 0.05) is 5.56 Å². The summed E-state index contributed by atoms with van der Waals surface area (Å²) in [5.41, 5.74) is 5.99. The van der Waals surface area contributed by atoms with E-state index >= 15 is 0 Å². The average Bonchev–Trinajstić information content (AvgIpc) is 2.04. The van der Waals surface area contributed by atoms with E-state index in [2.05, 4.69) is 0 Å². The number of hydrogen-bond acceptors (Lipinski definition) is 2. The number of Topliss-reactive ketones (excluding diaryl/α,β-unsaturated/α-hetero) is 1. The van der Waals surface area contributed by atoms with Gasteiger partial charge in [-0.3, -0.25) is 9.59 Å². The van der Waals surface area contributed by atoms with Gasteiger partial charge in [0.25, 0.3) is 5.91 Å².